The van der Waals surface area contributed by atoms with Crippen LogP contribution in [-0.2, 0) is 0 Å². The summed E-state index contributed by atoms with van der Waals surface area (Å²) in [6.45, 7) is 10.3. The van der Waals surface area contributed by atoms with Crippen molar-refractivity contribution >= 4 is 34.6 Å². The third-order valence-electron chi connectivity index (χ3n) is 8.22. The predicted molar refractivity (Wildman–Crippen MR) is 143 cm³/mol. The van der Waals surface area contributed by atoms with Gasteiger partial charge in [-0.15, -0.1) is 0 Å². The maximum absolute atomic E-state index is 5.24. The van der Waals surface area contributed by atoms with Crippen LogP contribution in [0, 0.1) is 0 Å². The Kier molecular flexibility index (Phi) is 6.76. The largest absolute Gasteiger partial charge is 0.355 e. The molecule has 9 heteroatoms. The lowest BCUT2D eigenvalue weighted by molar-refractivity contribution is 0.311. The summed E-state index contributed by atoms with van der Waals surface area (Å²) in [5.74, 6) is 3.81. The van der Waals surface area contributed by atoms with E-state index < -0.39 is 0 Å². The summed E-state index contributed by atoms with van der Waals surface area (Å²) in [5.41, 5.74) is 1.91. The molecule has 4 saturated heterocycles. The van der Waals surface area contributed by atoms with Crippen LogP contribution < -0.4 is 19.6 Å². The van der Waals surface area contributed by atoms with Crippen LogP contribution in [-0.4, -0.2) is 97.3 Å². The molecular weight excluding hydrogens is 438 g/mol. The molecular formula is C26H41N9. The van der Waals surface area contributed by atoms with Gasteiger partial charge >= 0.3 is 0 Å². The molecule has 2 aromatic rings. The Labute approximate surface area is 209 Å². The summed E-state index contributed by atoms with van der Waals surface area (Å²) in [5, 5.41) is 0. The van der Waals surface area contributed by atoms with Gasteiger partial charge in [-0.3, -0.25) is 0 Å². The number of fused-ring (bicyclic) bond motifs is 1. The number of hydrogen-bond acceptors (Lipinski definition) is 9. The van der Waals surface area contributed by atoms with Crippen molar-refractivity contribution in [2.24, 2.45) is 0 Å². The van der Waals surface area contributed by atoms with Crippen LogP contribution in [0.15, 0.2) is 0 Å². The molecule has 0 atom stereocenters. The molecule has 0 N–H and O–H groups in total. The van der Waals surface area contributed by atoms with Crippen molar-refractivity contribution in [3.63, 3.8) is 0 Å². The molecule has 0 aromatic carbocycles. The zero-order valence-corrected chi connectivity index (χ0v) is 21.5. The van der Waals surface area contributed by atoms with E-state index in [-0.39, 0.29) is 0 Å². The Morgan fingerprint density at radius 2 is 0.771 bits per heavy atom. The van der Waals surface area contributed by atoms with E-state index in [4.69, 9.17) is 19.9 Å². The molecule has 4 aliphatic heterocycles. The van der Waals surface area contributed by atoms with Gasteiger partial charge < -0.3 is 24.5 Å². The summed E-state index contributed by atoms with van der Waals surface area (Å²) < 4.78 is 0. The molecule has 0 bridgehead atoms. The Hall–Kier alpha value is -2.42. The van der Waals surface area contributed by atoms with E-state index in [0.717, 1.165) is 100 Å². The molecule has 0 amide bonds. The molecule has 6 rings (SSSR count). The lowest BCUT2D eigenvalue weighted by atomic mass is 10.1. The topological polar surface area (TPSA) is 67.8 Å². The first-order valence-electron chi connectivity index (χ1n) is 14.0. The van der Waals surface area contributed by atoms with Gasteiger partial charge in [0.1, 0.15) is 11.0 Å². The second-order valence-electron chi connectivity index (χ2n) is 10.8. The Balaban J connectivity index is 1.50. The number of piperidine rings is 3. The highest BCUT2D eigenvalue weighted by Gasteiger charge is 2.28. The zero-order valence-electron chi connectivity index (χ0n) is 21.5. The minimum atomic E-state index is 0.860. The van der Waals surface area contributed by atoms with Gasteiger partial charge in [0.25, 0.3) is 0 Å². The number of anilines is 4. The van der Waals surface area contributed by atoms with Crippen LogP contribution in [0.3, 0.4) is 0 Å². The second-order valence-corrected chi connectivity index (χ2v) is 10.8. The lowest BCUT2D eigenvalue weighted by Crippen LogP contribution is -2.45. The van der Waals surface area contributed by atoms with E-state index in [2.05, 4.69) is 31.5 Å². The molecule has 9 nitrogen and oxygen atoms in total. The van der Waals surface area contributed by atoms with Crippen LogP contribution in [0.25, 0.3) is 11.0 Å². The molecule has 0 saturated carbocycles. The van der Waals surface area contributed by atoms with Crippen molar-refractivity contribution in [1.82, 2.24) is 24.8 Å². The first-order valence-corrected chi connectivity index (χ1v) is 14.0. The molecule has 35 heavy (non-hydrogen) atoms. The second kappa shape index (κ2) is 10.3. The van der Waals surface area contributed by atoms with Gasteiger partial charge in [0.2, 0.25) is 11.9 Å². The van der Waals surface area contributed by atoms with Gasteiger partial charge in [0.15, 0.2) is 11.6 Å². The summed E-state index contributed by atoms with van der Waals surface area (Å²) >= 11 is 0. The highest BCUT2D eigenvalue weighted by atomic mass is 15.4. The molecule has 0 unspecified atom stereocenters. The van der Waals surface area contributed by atoms with E-state index >= 15 is 0 Å². The number of piperazine rings is 1. The van der Waals surface area contributed by atoms with E-state index in [1.165, 1.54) is 57.8 Å². The van der Waals surface area contributed by atoms with Gasteiger partial charge in [-0.1, -0.05) is 0 Å². The molecule has 0 radical (unpaired) electrons. The van der Waals surface area contributed by atoms with E-state index in [0.29, 0.717) is 0 Å². The molecule has 0 aliphatic carbocycles. The standard InChI is InChI=1S/C26H41N9/c1-31-17-19-35(20-18-31)26-28-22-21(24(30-26)33-13-7-3-8-14-33)27-25(34-15-9-4-10-16-34)29-23(22)32-11-5-2-6-12-32/h2-20H2,1H3. The molecule has 4 aliphatic rings. The zero-order chi connectivity index (χ0) is 23.6. The van der Waals surface area contributed by atoms with Crippen LogP contribution in [0.2, 0.25) is 0 Å². The van der Waals surface area contributed by atoms with Crippen molar-refractivity contribution in [2.75, 3.05) is 92.1 Å². The summed E-state index contributed by atoms with van der Waals surface area (Å²) in [7, 11) is 2.20. The van der Waals surface area contributed by atoms with Crippen molar-refractivity contribution < 1.29 is 0 Å². The fourth-order valence-electron chi connectivity index (χ4n) is 6.00. The first kappa shape index (κ1) is 23.0. The minimum Gasteiger partial charge on any atom is -0.355 e. The van der Waals surface area contributed by atoms with Crippen molar-refractivity contribution in [3.8, 4) is 0 Å². The molecule has 2 aromatic heterocycles. The first-order chi connectivity index (χ1) is 17.3. The van der Waals surface area contributed by atoms with Gasteiger partial charge in [-0.2, -0.15) is 9.97 Å². The number of aromatic nitrogens is 4. The molecule has 0 spiro atoms. The fraction of sp³-hybridized carbons (Fsp3) is 0.769. The maximum atomic E-state index is 5.24. The Bertz CT molecular complexity index is 1000. The van der Waals surface area contributed by atoms with Gasteiger partial charge in [-0.25, -0.2) is 9.97 Å². The van der Waals surface area contributed by atoms with E-state index in [1.807, 2.05) is 0 Å². The SMILES string of the molecule is CN1CCN(c2nc(N3CCCCC3)c3nc(N4CCCCC4)nc(N4CCCCC4)c3n2)CC1. The third kappa shape index (κ3) is 4.84. The highest BCUT2D eigenvalue weighted by Crippen LogP contribution is 2.35. The fourth-order valence-corrected chi connectivity index (χ4v) is 6.00. The Morgan fingerprint density at radius 1 is 0.400 bits per heavy atom. The van der Waals surface area contributed by atoms with Crippen LogP contribution in [0.5, 0.6) is 0 Å². The van der Waals surface area contributed by atoms with Gasteiger partial charge in [0.05, 0.1) is 0 Å². The third-order valence-corrected chi connectivity index (χ3v) is 8.22. The average Bonchev–Trinajstić information content (AvgIpc) is 2.94. The van der Waals surface area contributed by atoms with Crippen LogP contribution in [0.1, 0.15) is 57.8 Å². The van der Waals surface area contributed by atoms with Crippen molar-refractivity contribution in [2.45, 2.75) is 57.8 Å². The van der Waals surface area contributed by atoms with Crippen LogP contribution in [0.4, 0.5) is 23.5 Å². The van der Waals surface area contributed by atoms with E-state index in [1.54, 1.807) is 0 Å². The molecule has 4 fully saturated rings. The smallest absolute Gasteiger partial charge is 0.228 e. The van der Waals surface area contributed by atoms with Gasteiger partial charge in [-0.05, 0) is 64.8 Å². The number of likely N-dealkylation sites (N-methyl/N-ethyl adjacent to an activating group) is 1. The normalized spacial score (nSPS) is 22.8. The molecule has 190 valence electrons. The molecule has 6 heterocycles. The van der Waals surface area contributed by atoms with Gasteiger partial charge in [0, 0.05) is 65.4 Å². The Morgan fingerprint density at radius 3 is 1.20 bits per heavy atom. The predicted octanol–water partition coefficient (Wildman–Crippen LogP) is 3.14. The number of nitrogens with zero attached hydrogens (tertiary/aromatic N) is 9. The highest BCUT2D eigenvalue weighted by molar-refractivity contribution is 5.95. The monoisotopic (exact) mass is 479 g/mol. The quantitative estimate of drug-likeness (QED) is 0.658. The summed E-state index contributed by atoms with van der Waals surface area (Å²) in [4.78, 5) is 33.0. The number of hydrogen-bond donors (Lipinski definition) is 0. The van der Waals surface area contributed by atoms with Crippen molar-refractivity contribution in [3.05, 3.63) is 0 Å². The summed E-state index contributed by atoms with van der Waals surface area (Å²) in [6.07, 6.45) is 11.2. The van der Waals surface area contributed by atoms with Crippen LogP contribution >= 0.6 is 0 Å². The van der Waals surface area contributed by atoms with E-state index in [9.17, 15) is 0 Å². The van der Waals surface area contributed by atoms with Crippen molar-refractivity contribution in [1.29, 1.82) is 0 Å². The average molecular weight is 480 g/mol. The maximum Gasteiger partial charge on any atom is 0.228 e. The summed E-state index contributed by atoms with van der Waals surface area (Å²) in [6, 6.07) is 0. The minimum absolute atomic E-state index is 0.860. The lowest BCUT2D eigenvalue weighted by Gasteiger charge is -2.35. The number of rotatable bonds is 4.